The van der Waals surface area contributed by atoms with Crippen LogP contribution in [0.3, 0.4) is 0 Å². The van der Waals surface area contributed by atoms with Crippen LogP contribution in [0.25, 0.3) is 0 Å². The summed E-state index contributed by atoms with van der Waals surface area (Å²) in [5, 5.41) is 5.90. The molecule has 1 aliphatic rings. The number of nitrogens with one attached hydrogen (secondary N) is 2. The first-order chi connectivity index (χ1) is 13.6. The van der Waals surface area contributed by atoms with Crippen molar-refractivity contribution in [2.45, 2.75) is 26.2 Å². The summed E-state index contributed by atoms with van der Waals surface area (Å²) in [7, 11) is 0. The number of halogens is 1. The fourth-order valence-electron chi connectivity index (χ4n) is 3.33. The predicted molar refractivity (Wildman–Crippen MR) is 115 cm³/mol. The van der Waals surface area contributed by atoms with Crippen molar-refractivity contribution in [3.05, 3.63) is 52.6 Å². The molecule has 6 nitrogen and oxygen atoms in total. The number of benzene rings is 1. The zero-order chi connectivity index (χ0) is 19.9. The van der Waals surface area contributed by atoms with Crippen molar-refractivity contribution in [2.24, 2.45) is 5.92 Å². The van der Waals surface area contributed by atoms with Crippen LogP contribution in [0.15, 0.2) is 47.1 Å². The molecule has 7 heteroatoms. The molecule has 0 saturated carbocycles. The highest BCUT2D eigenvalue weighted by Crippen LogP contribution is 2.25. The Labute approximate surface area is 173 Å². The van der Waals surface area contributed by atoms with Gasteiger partial charge in [-0.2, -0.15) is 0 Å². The minimum Gasteiger partial charge on any atom is -0.356 e. The first-order valence-electron chi connectivity index (χ1n) is 9.63. The van der Waals surface area contributed by atoms with Crippen molar-refractivity contribution in [2.75, 3.05) is 29.9 Å². The molecule has 1 atom stereocenters. The molecule has 28 heavy (non-hydrogen) atoms. The van der Waals surface area contributed by atoms with E-state index in [1.807, 2.05) is 31.2 Å². The van der Waals surface area contributed by atoms with Gasteiger partial charge in [-0.15, -0.1) is 0 Å². The Morgan fingerprint density at radius 3 is 2.79 bits per heavy atom. The number of carbonyl (C=O) groups excluding carboxylic acids is 2. The minimum atomic E-state index is -0.206. The number of anilines is 2. The Morgan fingerprint density at radius 2 is 2.04 bits per heavy atom. The van der Waals surface area contributed by atoms with Crippen LogP contribution in [0.4, 0.5) is 11.5 Å². The summed E-state index contributed by atoms with van der Waals surface area (Å²) in [6.07, 6.45) is 4.36. The van der Waals surface area contributed by atoms with Gasteiger partial charge in [0.15, 0.2) is 0 Å². The van der Waals surface area contributed by atoms with Gasteiger partial charge in [0.05, 0.1) is 11.5 Å². The third-order valence-corrected chi connectivity index (χ3v) is 5.30. The van der Waals surface area contributed by atoms with Gasteiger partial charge in [0.2, 0.25) is 5.91 Å². The average Bonchev–Trinajstić information content (AvgIpc) is 2.73. The lowest BCUT2D eigenvalue weighted by Gasteiger charge is -2.33. The van der Waals surface area contributed by atoms with Gasteiger partial charge >= 0.3 is 0 Å². The van der Waals surface area contributed by atoms with Crippen LogP contribution in [0.5, 0.6) is 0 Å². The summed E-state index contributed by atoms with van der Waals surface area (Å²) < 4.78 is 0.952. The number of hydrogen-bond acceptors (Lipinski definition) is 4. The molecule has 2 N–H and O–H groups in total. The summed E-state index contributed by atoms with van der Waals surface area (Å²) in [4.78, 5) is 31.7. The Kier molecular flexibility index (Phi) is 7.03. The van der Waals surface area contributed by atoms with Gasteiger partial charge in [-0.25, -0.2) is 4.98 Å². The van der Waals surface area contributed by atoms with Crippen molar-refractivity contribution in [3.8, 4) is 0 Å². The smallest absolute Gasteiger partial charge is 0.259 e. The molecule has 1 fully saturated rings. The summed E-state index contributed by atoms with van der Waals surface area (Å²) in [5.74, 6) is 0.432. The number of carbonyl (C=O) groups is 2. The number of nitrogens with zero attached hydrogens (tertiary/aromatic N) is 2. The average molecular weight is 445 g/mol. The van der Waals surface area contributed by atoms with E-state index in [2.05, 4.69) is 36.4 Å². The predicted octanol–water partition coefficient (Wildman–Crippen LogP) is 3.84. The standard InChI is InChI=1S/C21H25BrN4O2/c1-2-11-24-20(27)15-5-4-13-26(14-15)19-18(6-3-12-23-19)21(28)25-17-9-7-16(22)8-10-17/h3,6-10,12,15H,2,4-5,11,13-14H2,1H3,(H,24,27)(H,25,28). The van der Waals surface area contributed by atoms with Gasteiger partial charge in [0.25, 0.3) is 5.91 Å². The van der Waals surface area contributed by atoms with Gasteiger partial charge in [-0.1, -0.05) is 22.9 Å². The Bertz CT molecular complexity index is 825. The van der Waals surface area contributed by atoms with Crippen LogP contribution >= 0.6 is 15.9 Å². The van der Waals surface area contributed by atoms with Crippen LogP contribution in [-0.2, 0) is 4.79 Å². The molecule has 1 aromatic heterocycles. The third-order valence-electron chi connectivity index (χ3n) is 4.77. The first-order valence-corrected chi connectivity index (χ1v) is 10.4. The third kappa shape index (κ3) is 5.10. The molecule has 0 bridgehead atoms. The molecule has 2 aromatic rings. The molecule has 2 amide bonds. The van der Waals surface area contributed by atoms with Gasteiger partial charge < -0.3 is 15.5 Å². The molecular weight excluding hydrogens is 420 g/mol. The van der Waals surface area contributed by atoms with Crippen molar-refractivity contribution in [1.29, 1.82) is 0 Å². The van der Waals surface area contributed by atoms with Crippen LogP contribution in [0.1, 0.15) is 36.5 Å². The van der Waals surface area contributed by atoms with E-state index in [0.717, 1.165) is 36.0 Å². The second-order valence-corrected chi connectivity index (χ2v) is 7.83. The SMILES string of the molecule is CCCNC(=O)C1CCCN(c2ncccc2C(=O)Nc2ccc(Br)cc2)C1. The zero-order valence-corrected chi connectivity index (χ0v) is 17.5. The van der Waals surface area contributed by atoms with Crippen molar-refractivity contribution in [3.63, 3.8) is 0 Å². The van der Waals surface area contributed by atoms with E-state index in [9.17, 15) is 9.59 Å². The molecule has 148 valence electrons. The summed E-state index contributed by atoms with van der Waals surface area (Å²) in [6, 6.07) is 11.0. The van der Waals surface area contributed by atoms with E-state index < -0.39 is 0 Å². The van der Waals surface area contributed by atoms with Crippen LogP contribution in [0, 0.1) is 5.92 Å². The van der Waals surface area contributed by atoms with E-state index in [4.69, 9.17) is 0 Å². The minimum absolute atomic E-state index is 0.0790. The van der Waals surface area contributed by atoms with E-state index in [-0.39, 0.29) is 17.7 Å². The lowest BCUT2D eigenvalue weighted by molar-refractivity contribution is -0.125. The van der Waals surface area contributed by atoms with Gasteiger partial charge in [-0.05, 0) is 55.7 Å². The van der Waals surface area contributed by atoms with Gasteiger partial charge in [0.1, 0.15) is 5.82 Å². The first kappa shape index (κ1) is 20.3. The number of pyridine rings is 1. The highest BCUT2D eigenvalue weighted by atomic mass is 79.9. The fourth-order valence-corrected chi connectivity index (χ4v) is 3.60. The highest BCUT2D eigenvalue weighted by Gasteiger charge is 2.28. The summed E-state index contributed by atoms with van der Waals surface area (Å²) >= 11 is 3.39. The number of hydrogen-bond donors (Lipinski definition) is 2. The van der Waals surface area contributed by atoms with Crippen LogP contribution < -0.4 is 15.5 Å². The second kappa shape index (κ2) is 9.68. The number of piperidine rings is 1. The maximum atomic E-state index is 12.9. The number of aromatic nitrogens is 1. The topological polar surface area (TPSA) is 74.3 Å². The summed E-state index contributed by atoms with van der Waals surface area (Å²) in [5.41, 5.74) is 1.23. The van der Waals surface area contributed by atoms with Crippen molar-refractivity contribution < 1.29 is 9.59 Å². The molecule has 3 rings (SSSR count). The summed E-state index contributed by atoms with van der Waals surface area (Å²) in [6.45, 7) is 4.09. The van der Waals surface area contributed by atoms with Crippen molar-refractivity contribution >= 4 is 39.2 Å². The molecule has 1 aromatic carbocycles. The van der Waals surface area contributed by atoms with Gasteiger partial charge in [0, 0.05) is 36.0 Å². The lowest BCUT2D eigenvalue weighted by Crippen LogP contribution is -2.44. The molecule has 1 aliphatic heterocycles. The van der Waals surface area contributed by atoms with Crippen LogP contribution in [0.2, 0.25) is 0 Å². The maximum Gasteiger partial charge on any atom is 0.259 e. The fraction of sp³-hybridized carbons (Fsp3) is 0.381. The van der Waals surface area contributed by atoms with Crippen LogP contribution in [-0.4, -0.2) is 36.4 Å². The van der Waals surface area contributed by atoms with Crippen molar-refractivity contribution in [1.82, 2.24) is 10.3 Å². The Morgan fingerprint density at radius 1 is 1.25 bits per heavy atom. The Hall–Kier alpha value is -2.41. The maximum absolute atomic E-state index is 12.9. The molecule has 1 saturated heterocycles. The number of amides is 2. The largest absolute Gasteiger partial charge is 0.356 e. The van der Waals surface area contributed by atoms with E-state index in [0.29, 0.717) is 24.5 Å². The quantitative estimate of drug-likeness (QED) is 0.709. The van der Waals surface area contributed by atoms with E-state index in [1.54, 1.807) is 18.3 Å². The molecular formula is C21H25BrN4O2. The zero-order valence-electron chi connectivity index (χ0n) is 16.0. The number of rotatable bonds is 6. The normalized spacial score (nSPS) is 16.5. The second-order valence-electron chi connectivity index (χ2n) is 6.91. The van der Waals surface area contributed by atoms with E-state index >= 15 is 0 Å². The molecule has 1 unspecified atom stereocenters. The monoisotopic (exact) mass is 444 g/mol. The molecule has 0 spiro atoms. The Balaban J connectivity index is 1.74. The molecule has 2 heterocycles. The highest BCUT2D eigenvalue weighted by molar-refractivity contribution is 9.10. The molecule has 0 radical (unpaired) electrons. The molecule has 0 aliphatic carbocycles. The van der Waals surface area contributed by atoms with Gasteiger partial charge in [-0.3, -0.25) is 9.59 Å². The van der Waals surface area contributed by atoms with E-state index in [1.165, 1.54) is 0 Å². The lowest BCUT2D eigenvalue weighted by atomic mass is 9.96.